The molecule has 5 rings (SSSR count). The third-order valence-corrected chi connectivity index (χ3v) is 5.83. The van der Waals surface area contributed by atoms with Gasteiger partial charge in [-0.1, -0.05) is 17.3 Å². The van der Waals surface area contributed by atoms with Crippen LogP contribution >= 0.6 is 0 Å². The van der Waals surface area contributed by atoms with Crippen LogP contribution in [0.5, 0.6) is 0 Å². The molecule has 0 bridgehead atoms. The van der Waals surface area contributed by atoms with E-state index >= 15 is 0 Å². The van der Waals surface area contributed by atoms with Crippen LogP contribution in [0.3, 0.4) is 0 Å². The maximum Gasteiger partial charge on any atom is 0.222 e. The molecule has 7 nitrogen and oxygen atoms in total. The average molecular weight is 382 g/mol. The highest BCUT2D eigenvalue weighted by atomic mass is 19.1. The molecule has 2 fully saturated rings. The molecule has 0 saturated carbocycles. The van der Waals surface area contributed by atoms with Crippen molar-refractivity contribution in [1.82, 2.24) is 20.0 Å². The van der Waals surface area contributed by atoms with Crippen molar-refractivity contribution in [3.8, 4) is 0 Å². The Morgan fingerprint density at radius 3 is 2.86 bits per heavy atom. The van der Waals surface area contributed by atoms with Gasteiger partial charge in [0.15, 0.2) is 17.2 Å². The summed E-state index contributed by atoms with van der Waals surface area (Å²) in [7, 11) is 0. The van der Waals surface area contributed by atoms with Gasteiger partial charge in [-0.3, -0.25) is 4.90 Å². The Morgan fingerprint density at radius 2 is 1.96 bits per heavy atom. The van der Waals surface area contributed by atoms with Crippen molar-refractivity contribution in [1.29, 1.82) is 0 Å². The third kappa shape index (κ3) is 3.40. The maximum absolute atomic E-state index is 12.9. The van der Waals surface area contributed by atoms with Gasteiger partial charge in [-0.25, -0.2) is 14.4 Å². The molecule has 2 saturated heterocycles. The molecule has 0 amide bonds. The number of fused-ring (bicyclic) bond motifs is 2. The van der Waals surface area contributed by atoms with Crippen molar-refractivity contribution in [2.45, 2.75) is 18.9 Å². The summed E-state index contributed by atoms with van der Waals surface area (Å²) in [6.07, 6.45) is 4.70. The van der Waals surface area contributed by atoms with E-state index in [0.717, 1.165) is 62.4 Å². The molecule has 0 radical (unpaired) electrons. The first kappa shape index (κ1) is 17.4. The van der Waals surface area contributed by atoms with Crippen LogP contribution < -0.4 is 10.2 Å². The number of anilines is 2. The van der Waals surface area contributed by atoms with Crippen molar-refractivity contribution in [3.63, 3.8) is 0 Å². The summed E-state index contributed by atoms with van der Waals surface area (Å²) in [5.74, 6) is 1.59. The van der Waals surface area contributed by atoms with Crippen molar-refractivity contribution in [2.75, 3.05) is 42.9 Å². The van der Waals surface area contributed by atoms with Gasteiger partial charge in [0, 0.05) is 38.8 Å². The van der Waals surface area contributed by atoms with Gasteiger partial charge >= 0.3 is 0 Å². The van der Waals surface area contributed by atoms with E-state index in [1.165, 1.54) is 12.4 Å². The fourth-order valence-corrected chi connectivity index (χ4v) is 4.36. The molecular formula is C20H23FN6O. The Bertz CT molecular complexity index is 945. The minimum atomic E-state index is -0.413. The number of para-hydroxylation sites is 1. The highest BCUT2D eigenvalue weighted by molar-refractivity contribution is 5.88. The molecule has 146 valence electrons. The Labute approximate surface area is 162 Å². The summed E-state index contributed by atoms with van der Waals surface area (Å²) in [6, 6.07) is 8.59. The molecule has 28 heavy (non-hydrogen) atoms. The number of piperidine rings is 1. The zero-order valence-corrected chi connectivity index (χ0v) is 15.6. The number of nitrogens with zero attached hydrogens (tertiary/aromatic N) is 5. The van der Waals surface area contributed by atoms with E-state index in [0.29, 0.717) is 17.9 Å². The molecule has 2 aliphatic heterocycles. The SMILES string of the molecule is Fc1cnc(NCC2CCC3CN(c4noc5ccccc45)CCN3C2)nc1. The van der Waals surface area contributed by atoms with E-state index in [1.807, 2.05) is 18.2 Å². The van der Waals surface area contributed by atoms with Crippen LogP contribution in [-0.2, 0) is 0 Å². The predicted octanol–water partition coefficient (Wildman–Crippen LogP) is 2.77. The van der Waals surface area contributed by atoms with Gasteiger partial charge in [-0.2, -0.15) is 0 Å². The van der Waals surface area contributed by atoms with Crippen LogP contribution in [0, 0.1) is 11.7 Å². The largest absolute Gasteiger partial charge is 0.354 e. The molecule has 2 aliphatic rings. The minimum Gasteiger partial charge on any atom is -0.354 e. The molecule has 8 heteroatoms. The lowest BCUT2D eigenvalue weighted by Crippen LogP contribution is -2.57. The molecule has 1 aromatic carbocycles. The van der Waals surface area contributed by atoms with Crippen LogP contribution in [0.15, 0.2) is 41.2 Å². The lowest BCUT2D eigenvalue weighted by Gasteiger charge is -2.46. The van der Waals surface area contributed by atoms with Gasteiger partial charge in [0.2, 0.25) is 5.95 Å². The number of piperazine rings is 1. The lowest BCUT2D eigenvalue weighted by atomic mass is 9.91. The number of nitrogens with one attached hydrogen (secondary N) is 1. The zero-order valence-electron chi connectivity index (χ0n) is 15.6. The summed E-state index contributed by atoms with van der Waals surface area (Å²) >= 11 is 0. The van der Waals surface area contributed by atoms with Crippen LogP contribution in [0.1, 0.15) is 12.8 Å². The number of rotatable bonds is 4. The molecule has 3 aromatic rings. The van der Waals surface area contributed by atoms with Gasteiger partial charge in [-0.05, 0) is 30.9 Å². The summed E-state index contributed by atoms with van der Waals surface area (Å²) in [5, 5.41) is 8.65. The maximum atomic E-state index is 12.9. The number of aromatic nitrogens is 3. The molecule has 2 atom stereocenters. The van der Waals surface area contributed by atoms with Crippen LogP contribution in [0.4, 0.5) is 16.2 Å². The van der Waals surface area contributed by atoms with Crippen LogP contribution in [-0.4, -0.2) is 58.8 Å². The second-order valence-electron chi connectivity index (χ2n) is 7.65. The molecule has 2 unspecified atom stereocenters. The molecule has 0 spiro atoms. The summed E-state index contributed by atoms with van der Waals surface area (Å²) in [4.78, 5) is 12.9. The Balaban J connectivity index is 1.19. The van der Waals surface area contributed by atoms with E-state index in [-0.39, 0.29) is 0 Å². The van der Waals surface area contributed by atoms with Gasteiger partial charge in [0.05, 0.1) is 17.8 Å². The smallest absolute Gasteiger partial charge is 0.222 e. The standard InChI is InChI=1S/C20H23FN6O/c21-15-10-23-20(24-11-15)22-9-14-5-6-16-13-27(8-7-26(16)12-14)19-17-3-1-2-4-18(17)28-25-19/h1-4,10-11,14,16H,5-9,12-13H2,(H,22,23,24). The van der Waals surface area contributed by atoms with E-state index in [1.54, 1.807) is 0 Å². The first-order valence-electron chi connectivity index (χ1n) is 9.81. The quantitative estimate of drug-likeness (QED) is 0.744. The minimum absolute atomic E-state index is 0.413. The van der Waals surface area contributed by atoms with Gasteiger partial charge in [-0.15, -0.1) is 0 Å². The van der Waals surface area contributed by atoms with Gasteiger partial charge in [0.25, 0.3) is 0 Å². The summed E-state index contributed by atoms with van der Waals surface area (Å²) in [6.45, 7) is 4.83. The predicted molar refractivity (Wildman–Crippen MR) is 105 cm³/mol. The van der Waals surface area contributed by atoms with E-state index in [4.69, 9.17) is 4.52 Å². The second kappa shape index (κ2) is 7.35. The van der Waals surface area contributed by atoms with Crippen molar-refractivity contribution >= 4 is 22.7 Å². The van der Waals surface area contributed by atoms with Gasteiger partial charge in [0.1, 0.15) is 0 Å². The van der Waals surface area contributed by atoms with Crippen LogP contribution in [0.2, 0.25) is 0 Å². The second-order valence-corrected chi connectivity index (χ2v) is 7.65. The Morgan fingerprint density at radius 1 is 1.11 bits per heavy atom. The first-order chi connectivity index (χ1) is 13.8. The monoisotopic (exact) mass is 382 g/mol. The normalized spacial score (nSPS) is 23.0. The molecule has 4 heterocycles. The fraction of sp³-hybridized carbons (Fsp3) is 0.450. The highest BCUT2D eigenvalue weighted by Gasteiger charge is 2.34. The van der Waals surface area contributed by atoms with E-state index < -0.39 is 5.82 Å². The lowest BCUT2D eigenvalue weighted by molar-refractivity contribution is 0.0994. The number of benzene rings is 1. The van der Waals surface area contributed by atoms with E-state index in [2.05, 4.69) is 36.3 Å². The summed E-state index contributed by atoms with van der Waals surface area (Å²) in [5.41, 5.74) is 0.845. The molecule has 2 aromatic heterocycles. The molecule has 0 aliphatic carbocycles. The Kier molecular flexibility index (Phi) is 4.56. The first-order valence-corrected chi connectivity index (χ1v) is 9.81. The molecular weight excluding hydrogens is 359 g/mol. The zero-order chi connectivity index (χ0) is 18.9. The Hall–Kier alpha value is -2.74. The average Bonchev–Trinajstić information content (AvgIpc) is 3.17. The van der Waals surface area contributed by atoms with Gasteiger partial charge < -0.3 is 14.7 Å². The highest BCUT2D eigenvalue weighted by Crippen LogP contribution is 2.31. The number of halogens is 1. The molecule has 1 N–H and O–H groups in total. The van der Waals surface area contributed by atoms with Crippen molar-refractivity contribution in [3.05, 3.63) is 42.5 Å². The number of hydrogen-bond donors (Lipinski definition) is 1. The van der Waals surface area contributed by atoms with E-state index in [9.17, 15) is 4.39 Å². The topological polar surface area (TPSA) is 70.3 Å². The van der Waals surface area contributed by atoms with Crippen molar-refractivity contribution in [2.24, 2.45) is 5.92 Å². The fourth-order valence-electron chi connectivity index (χ4n) is 4.36. The third-order valence-electron chi connectivity index (χ3n) is 5.83. The van der Waals surface area contributed by atoms with Crippen molar-refractivity contribution < 1.29 is 8.91 Å². The van der Waals surface area contributed by atoms with Crippen LogP contribution in [0.25, 0.3) is 11.0 Å². The number of hydrogen-bond acceptors (Lipinski definition) is 7. The summed E-state index contributed by atoms with van der Waals surface area (Å²) < 4.78 is 18.4.